The molecule has 1 aromatic rings. The predicted molar refractivity (Wildman–Crippen MR) is 74.0 cm³/mol. The maximum absolute atomic E-state index is 6.20. The lowest BCUT2D eigenvalue weighted by Crippen LogP contribution is -2.14. The Bertz CT molecular complexity index is 277. The zero-order chi connectivity index (χ0) is 11.3. The Morgan fingerprint density at radius 3 is 2.00 bits per heavy atom. The van der Waals surface area contributed by atoms with E-state index in [4.69, 9.17) is 5.73 Å². The average Bonchev–Trinajstić information content (AvgIpc) is 2.26. The number of aryl methyl sites for hydroxylation is 1. The standard InChI is InChI=1S/C14H23N.ClH/c1-4-12(5-2)10-14(15)13-8-6-11(3)7-9-13;/h6-9,12,14H,4-5,10,15H2,1-3H3;1H. The minimum absolute atomic E-state index is 0. The second-order valence-corrected chi connectivity index (χ2v) is 4.44. The van der Waals surface area contributed by atoms with Gasteiger partial charge in [-0.3, -0.25) is 0 Å². The molecule has 0 aliphatic carbocycles. The van der Waals surface area contributed by atoms with Crippen LogP contribution in [-0.4, -0.2) is 0 Å². The maximum Gasteiger partial charge on any atom is 0.0297 e. The van der Waals surface area contributed by atoms with Gasteiger partial charge >= 0.3 is 0 Å². The van der Waals surface area contributed by atoms with E-state index in [1.807, 2.05) is 0 Å². The van der Waals surface area contributed by atoms with Crippen LogP contribution in [0.25, 0.3) is 0 Å². The molecule has 2 N–H and O–H groups in total. The molecule has 1 rings (SSSR count). The highest BCUT2D eigenvalue weighted by atomic mass is 35.5. The molecule has 0 aromatic heterocycles. The van der Waals surface area contributed by atoms with Crippen molar-refractivity contribution in [1.82, 2.24) is 0 Å². The van der Waals surface area contributed by atoms with Gasteiger partial charge in [-0.1, -0.05) is 56.5 Å². The SMILES string of the molecule is CCC(CC)CC(N)c1ccc(C)cc1.Cl. The normalized spacial score (nSPS) is 12.3. The van der Waals surface area contributed by atoms with Gasteiger partial charge in [0, 0.05) is 6.04 Å². The van der Waals surface area contributed by atoms with Gasteiger partial charge in [0.05, 0.1) is 0 Å². The Balaban J connectivity index is 0.00000225. The third-order valence-corrected chi connectivity index (χ3v) is 3.25. The summed E-state index contributed by atoms with van der Waals surface area (Å²) in [6.07, 6.45) is 3.57. The van der Waals surface area contributed by atoms with E-state index in [0.29, 0.717) is 0 Å². The van der Waals surface area contributed by atoms with Crippen molar-refractivity contribution in [2.45, 2.75) is 46.1 Å². The van der Waals surface area contributed by atoms with Gasteiger partial charge in [0.15, 0.2) is 0 Å². The third-order valence-electron chi connectivity index (χ3n) is 3.25. The second kappa shape index (κ2) is 7.70. The monoisotopic (exact) mass is 241 g/mol. The largest absolute Gasteiger partial charge is 0.324 e. The summed E-state index contributed by atoms with van der Waals surface area (Å²) in [4.78, 5) is 0. The van der Waals surface area contributed by atoms with Gasteiger partial charge in [-0.2, -0.15) is 0 Å². The Kier molecular flexibility index (Phi) is 7.44. The predicted octanol–water partition coefficient (Wildman–Crippen LogP) is 4.24. The third kappa shape index (κ3) is 4.54. The van der Waals surface area contributed by atoms with Crippen LogP contribution < -0.4 is 5.73 Å². The highest BCUT2D eigenvalue weighted by molar-refractivity contribution is 5.85. The van der Waals surface area contributed by atoms with Crippen molar-refractivity contribution in [1.29, 1.82) is 0 Å². The molecule has 1 atom stereocenters. The van der Waals surface area contributed by atoms with E-state index in [0.717, 1.165) is 12.3 Å². The number of benzene rings is 1. The summed E-state index contributed by atoms with van der Waals surface area (Å²) in [7, 11) is 0. The number of hydrogen-bond acceptors (Lipinski definition) is 1. The first-order valence-corrected chi connectivity index (χ1v) is 5.99. The Morgan fingerprint density at radius 1 is 1.06 bits per heavy atom. The summed E-state index contributed by atoms with van der Waals surface area (Å²) >= 11 is 0. The van der Waals surface area contributed by atoms with Crippen molar-refractivity contribution in [3.8, 4) is 0 Å². The molecular formula is C14H24ClN. The van der Waals surface area contributed by atoms with Crippen molar-refractivity contribution in [2.24, 2.45) is 11.7 Å². The van der Waals surface area contributed by atoms with Gasteiger partial charge in [0.1, 0.15) is 0 Å². The van der Waals surface area contributed by atoms with Crippen LogP contribution in [0.4, 0.5) is 0 Å². The quantitative estimate of drug-likeness (QED) is 0.820. The smallest absolute Gasteiger partial charge is 0.0297 e. The molecule has 0 amide bonds. The lowest BCUT2D eigenvalue weighted by atomic mass is 9.91. The van der Waals surface area contributed by atoms with E-state index in [-0.39, 0.29) is 18.4 Å². The van der Waals surface area contributed by atoms with Crippen LogP contribution in [0, 0.1) is 12.8 Å². The van der Waals surface area contributed by atoms with Gasteiger partial charge < -0.3 is 5.73 Å². The van der Waals surface area contributed by atoms with E-state index in [2.05, 4.69) is 45.0 Å². The fourth-order valence-electron chi connectivity index (χ4n) is 1.93. The van der Waals surface area contributed by atoms with Crippen molar-refractivity contribution in [3.63, 3.8) is 0 Å². The van der Waals surface area contributed by atoms with Crippen LogP contribution in [0.2, 0.25) is 0 Å². The number of nitrogens with two attached hydrogens (primary N) is 1. The van der Waals surface area contributed by atoms with Gasteiger partial charge in [-0.15, -0.1) is 12.4 Å². The van der Waals surface area contributed by atoms with Crippen molar-refractivity contribution >= 4 is 12.4 Å². The molecule has 2 heteroatoms. The Labute approximate surface area is 106 Å². The van der Waals surface area contributed by atoms with Crippen LogP contribution >= 0.6 is 12.4 Å². The number of halogens is 1. The fraction of sp³-hybridized carbons (Fsp3) is 0.571. The molecule has 0 bridgehead atoms. The van der Waals surface area contributed by atoms with E-state index >= 15 is 0 Å². The maximum atomic E-state index is 6.20. The van der Waals surface area contributed by atoms with E-state index in [9.17, 15) is 0 Å². The minimum atomic E-state index is 0. The summed E-state index contributed by atoms with van der Waals surface area (Å²) in [5.41, 5.74) is 8.77. The van der Waals surface area contributed by atoms with Crippen LogP contribution in [0.15, 0.2) is 24.3 Å². The number of rotatable bonds is 5. The molecule has 0 aliphatic rings. The van der Waals surface area contributed by atoms with Crippen molar-refractivity contribution < 1.29 is 0 Å². The first kappa shape index (κ1) is 15.5. The Hall–Kier alpha value is -0.530. The van der Waals surface area contributed by atoms with Gasteiger partial charge in [0.2, 0.25) is 0 Å². The van der Waals surface area contributed by atoms with E-state index in [1.54, 1.807) is 0 Å². The van der Waals surface area contributed by atoms with Crippen LogP contribution in [0.5, 0.6) is 0 Å². The van der Waals surface area contributed by atoms with Crippen LogP contribution in [-0.2, 0) is 0 Å². The molecule has 0 saturated heterocycles. The second-order valence-electron chi connectivity index (χ2n) is 4.44. The topological polar surface area (TPSA) is 26.0 Å². The molecule has 0 heterocycles. The zero-order valence-corrected chi connectivity index (χ0v) is 11.4. The summed E-state index contributed by atoms with van der Waals surface area (Å²) in [5.74, 6) is 0.765. The van der Waals surface area contributed by atoms with Crippen LogP contribution in [0.3, 0.4) is 0 Å². The summed E-state index contributed by atoms with van der Waals surface area (Å²) in [5, 5.41) is 0. The molecule has 1 aromatic carbocycles. The first-order valence-electron chi connectivity index (χ1n) is 5.99. The molecule has 0 fully saturated rings. The van der Waals surface area contributed by atoms with Crippen LogP contribution in [0.1, 0.15) is 50.3 Å². The lowest BCUT2D eigenvalue weighted by molar-refractivity contribution is 0.414. The fourth-order valence-corrected chi connectivity index (χ4v) is 1.93. The minimum Gasteiger partial charge on any atom is -0.324 e. The zero-order valence-electron chi connectivity index (χ0n) is 10.6. The lowest BCUT2D eigenvalue weighted by Gasteiger charge is -2.18. The molecule has 1 unspecified atom stereocenters. The average molecular weight is 242 g/mol. The summed E-state index contributed by atoms with van der Waals surface area (Å²) in [6.45, 7) is 6.60. The van der Waals surface area contributed by atoms with Gasteiger partial charge in [-0.05, 0) is 24.8 Å². The van der Waals surface area contributed by atoms with Gasteiger partial charge in [0.25, 0.3) is 0 Å². The van der Waals surface area contributed by atoms with E-state index < -0.39 is 0 Å². The van der Waals surface area contributed by atoms with Gasteiger partial charge in [-0.25, -0.2) is 0 Å². The summed E-state index contributed by atoms with van der Waals surface area (Å²) in [6, 6.07) is 8.80. The van der Waals surface area contributed by atoms with Crippen molar-refractivity contribution in [3.05, 3.63) is 35.4 Å². The Morgan fingerprint density at radius 2 is 1.56 bits per heavy atom. The highest BCUT2D eigenvalue weighted by Gasteiger charge is 2.11. The molecule has 1 nitrogen and oxygen atoms in total. The molecule has 0 radical (unpaired) electrons. The molecule has 0 saturated carbocycles. The molecular weight excluding hydrogens is 218 g/mol. The van der Waals surface area contributed by atoms with E-state index in [1.165, 1.54) is 24.0 Å². The van der Waals surface area contributed by atoms with Crippen molar-refractivity contribution in [2.75, 3.05) is 0 Å². The molecule has 92 valence electrons. The first-order chi connectivity index (χ1) is 7.17. The summed E-state index contributed by atoms with van der Waals surface area (Å²) < 4.78 is 0. The highest BCUT2D eigenvalue weighted by Crippen LogP contribution is 2.23. The number of hydrogen-bond donors (Lipinski definition) is 1. The molecule has 0 aliphatic heterocycles. The molecule has 0 spiro atoms. The molecule has 16 heavy (non-hydrogen) atoms.